The van der Waals surface area contributed by atoms with Crippen LogP contribution >= 0.6 is 11.3 Å². The van der Waals surface area contributed by atoms with Gasteiger partial charge in [0, 0.05) is 60.0 Å². The fourth-order valence-electron chi connectivity index (χ4n) is 3.52. The zero-order valence-electron chi connectivity index (χ0n) is 16.9. The van der Waals surface area contributed by atoms with Crippen LogP contribution in [-0.2, 0) is 17.8 Å². The van der Waals surface area contributed by atoms with Crippen molar-refractivity contribution in [3.05, 3.63) is 72.0 Å². The number of thiazole rings is 1. The van der Waals surface area contributed by atoms with E-state index in [2.05, 4.69) is 26.5 Å². The van der Waals surface area contributed by atoms with Crippen molar-refractivity contribution in [2.24, 2.45) is 0 Å². The molecule has 5 rings (SSSR count). The standard InChI is InChI=1S/C23H22N6OS/c30-21(13-19-15-31-23(27-19)18-5-9-25-10-6-18)26-11-12-29-14-20(16-3-7-24-8-4-16)22(28-29)17-1-2-17/h3-10,14-15,17H,1-2,11-13H2,(H,26,30). The van der Waals surface area contributed by atoms with Gasteiger partial charge < -0.3 is 5.32 Å². The van der Waals surface area contributed by atoms with E-state index in [1.165, 1.54) is 29.7 Å². The van der Waals surface area contributed by atoms with E-state index in [1.54, 1.807) is 12.4 Å². The number of hydrogen-bond donors (Lipinski definition) is 1. The molecule has 0 bridgehead atoms. The maximum atomic E-state index is 12.4. The van der Waals surface area contributed by atoms with E-state index >= 15 is 0 Å². The number of hydrogen-bond acceptors (Lipinski definition) is 6. The molecule has 0 atom stereocenters. The first-order chi connectivity index (χ1) is 15.3. The van der Waals surface area contributed by atoms with Gasteiger partial charge in [-0.25, -0.2) is 4.98 Å². The molecule has 4 aromatic rings. The van der Waals surface area contributed by atoms with Gasteiger partial charge in [-0.2, -0.15) is 5.10 Å². The summed E-state index contributed by atoms with van der Waals surface area (Å²) >= 11 is 1.54. The molecular weight excluding hydrogens is 408 g/mol. The Labute approximate surface area is 184 Å². The molecule has 1 aliphatic rings. The van der Waals surface area contributed by atoms with Crippen molar-refractivity contribution in [2.75, 3.05) is 6.54 Å². The molecule has 1 aliphatic carbocycles. The SMILES string of the molecule is O=C(Cc1csc(-c2ccncc2)n1)NCCn1cc(-c2ccncc2)c(C2CC2)n1. The lowest BCUT2D eigenvalue weighted by Crippen LogP contribution is -2.28. The van der Waals surface area contributed by atoms with Crippen molar-refractivity contribution < 1.29 is 4.79 Å². The van der Waals surface area contributed by atoms with E-state index in [1.807, 2.05) is 46.7 Å². The van der Waals surface area contributed by atoms with Crippen molar-refractivity contribution in [3.63, 3.8) is 0 Å². The number of carbonyl (C=O) groups is 1. The first-order valence-corrected chi connectivity index (χ1v) is 11.2. The van der Waals surface area contributed by atoms with Crippen molar-refractivity contribution in [1.82, 2.24) is 30.0 Å². The van der Waals surface area contributed by atoms with Crippen LogP contribution in [0.15, 0.2) is 60.6 Å². The van der Waals surface area contributed by atoms with E-state index in [0.717, 1.165) is 27.5 Å². The highest BCUT2D eigenvalue weighted by molar-refractivity contribution is 7.13. The molecule has 0 aliphatic heterocycles. The summed E-state index contributed by atoms with van der Waals surface area (Å²) in [5.41, 5.74) is 5.26. The molecule has 0 saturated heterocycles. The molecule has 4 aromatic heterocycles. The third-order valence-corrected chi connectivity index (χ3v) is 6.17. The van der Waals surface area contributed by atoms with Gasteiger partial charge in [0.15, 0.2) is 0 Å². The maximum absolute atomic E-state index is 12.4. The topological polar surface area (TPSA) is 85.6 Å². The molecule has 1 N–H and O–H groups in total. The Morgan fingerprint density at radius 1 is 1.06 bits per heavy atom. The summed E-state index contributed by atoms with van der Waals surface area (Å²) in [6.45, 7) is 1.16. The van der Waals surface area contributed by atoms with Crippen LogP contribution in [0.4, 0.5) is 0 Å². The second-order valence-electron chi connectivity index (χ2n) is 7.61. The highest BCUT2D eigenvalue weighted by atomic mass is 32.1. The molecule has 0 aromatic carbocycles. The zero-order valence-corrected chi connectivity index (χ0v) is 17.8. The van der Waals surface area contributed by atoms with Gasteiger partial charge in [-0.1, -0.05) is 0 Å². The molecule has 7 nitrogen and oxygen atoms in total. The van der Waals surface area contributed by atoms with Gasteiger partial charge in [0.25, 0.3) is 0 Å². The lowest BCUT2D eigenvalue weighted by molar-refractivity contribution is -0.120. The number of amides is 1. The van der Waals surface area contributed by atoms with Crippen LogP contribution in [0.1, 0.15) is 30.1 Å². The quantitative estimate of drug-likeness (QED) is 0.461. The minimum Gasteiger partial charge on any atom is -0.354 e. The van der Waals surface area contributed by atoms with Gasteiger partial charge >= 0.3 is 0 Å². The Hall–Kier alpha value is -3.39. The average molecular weight is 431 g/mol. The largest absolute Gasteiger partial charge is 0.354 e. The van der Waals surface area contributed by atoms with Crippen LogP contribution in [0, 0.1) is 0 Å². The molecule has 0 radical (unpaired) electrons. The fourth-order valence-corrected chi connectivity index (χ4v) is 4.34. The molecule has 4 heterocycles. The first kappa shape index (κ1) is 19.6. The Kier molecular flexibility index (Phi) is 5.54. The van der Waals surface area contributed by atoms with Crippen molar-refractivity contribution in [2.45, 2.75) is 31.7 Å². The molecule has 1 fully saturated rings. The van der Waals surface area contributed by atoms with Crippen molar-refractivity contribution in [1.29, 1.82) is 0 Å². The molecule has 156 valence electrons. The fraction of sp³-hybridized carbons (Fsp3) is 0.261. The highest BCUT2D eigenvalue weighted by Gasteiger charge is 2.29. The summed E-state index contributed by atoms with van der Waals surface area (Å²) in [7, 11) is 0. The van der Waals surface area contributed by atoms with E-state index in [-0.39, 0.29) is 12.3 Å². The van der Waals surface area contributed by atoms with E-state index in [9.17, 15) is 4.79 Å². The lowest BCUT2D eigenvalue weighted by Gasteiger charge is -2.04. The Bertz CT molecular complexity index is 1170. The Balaban J connectivity index is 1.17. The van der Waals surface area contributed by atoms with Crippen LogP contribution in [0.5, 0.6) is 0 Å². The van der Waals surface area contributed by atoms with Gasteiger partial charge in [-0.3, -0.25) is 19.4 Å². The summed E-state index contributed by atoms with van der Waals surface area (Å²) in [6.07, 6.45) is 11.8. The normalized spacial score (nSPS) is 13.3. The summed E-state index contributed by atoms with van der Waals surface area (Å²) in [5, 5.41) is 10.6. The van der Waals surface area contributed by atoms with Gasteiger partial charge in [-0.15, -0.1) is 11.3 Å². The Morgan fingerprint density at radius 2 is 1.77 bits per heavy atom. The van der Waals surface area contributed by atoms with Gasteiger partial charge in [0.05, 0.1) is 24.4 Å². The zero-order chi connectivity index (χ0) is 21.0. The monoisotopic (exact) mass is 430 g/mol. The maximum Gasteiger partial charge on any atom is 0.226 e. The summed E-state index contributed by atoms with van der Waals surface area (Å²) in [6, 6.07) is 7.87. The van der Waals surface area contributed by atoms with Crippen LogP contribution in [0.25, 0.3) is 21.7 Å². The van der Waals surface area contributed by atoms with E-state index in [0.29, 0.717) is 19.0 Å². The van der Waals surface area contributed by atoms with Crippen LogP contribution in [-0.4, -0.2) is 37.2 Å². The third kappa shape index (κ3) is 4.69. The smallest absolute Gasteiger partial charge is 0.226 e. The predicted molar refractivity (Wildman–Crippen MR) is 119 cm³/mol. The average Bonchev–Trinajstić information content (AvgIpc) is 3.40. The number of pyridine rings is 2. The van der Waals surface area contributed by atoms with Crippen LogP contribution < -0.4 is 5.32 Å². The molecule has 31 heavy (non-hydrogen) atoms. The Morgan fingerprint density at radius 3 is 2.48 bits per heavy atom. The molecule has 1 saturated carbocycles. The number of nitrogens with one attached hydrogen (secondary N) is 1. The highest BCUT2D eigenvalue weighted by Crippen LogP contribution is 2.43. The number of carbonyl (C=O) groups excluding carboxylic acids is 1. The van der Waals surface area contributed by atoms with Gasteiger partial charge in [-0.05, 0) is 42.7 Å². The third-order valence-electron chi connectivity index (χ3n) is 5.23. The second-order valence-corrected chi connectivity index (χ2v) is 8.47. The minimum atomic E-state index is -0.0319. The first-order valence-electron chi connectivity index (χ1n) is 10.4. The summed E-state index contributed by atoms with van der Waals surface area (Å²) in [4.78, 5) is 25.1. The van der Waals surface area contributed by atoms with Crippen molar-refractivity contribution >= 4 is 17.2 Å². The van der Waals surface area contributed by atoms with Gasteiger partial charge in [0.1, 0.15) is 5.01 Å². The molecule has 0 spiro atoms. The summed E-state index contributed by atoms with van der Waals surface area (Å²) < 4.78 is 1.94. The second kappa shape index (κ2) is 8.77. The number of nitrogens with zero attached hydrogens (tertiary/aromatic N) is 5. The molecular formula is C23H22N6OS. The minimum absolute atomic E-state index is 0.0319. The summed E-state index contributed by atoms with van der Waals surface area (Å²) in [5.74, 6) is 0.522. The van der Waals surface area contributed by atoms with Gasteiger partial charge in [0.2, 0.25) is 5.91 Å². The number of rotatable bonds is 8. The molecule has 8 heteroatoms. The number of aromatic nitrogens is 5. The predicted octanol–water partition coefficient (Wildman–Crippen LogP) is 3.70. The lowest BCUT2D eigenvalue weighted by atomic mass is 10.1. The van der Waals surface area contributed by atoms with E-state index < -0.39 is 0 Å². The van der Waals surface area contributed by atoms with E-state index in [4.69, 9.17) is 5.10 Å². The molecule has 1 amide bonds. The van der Waals surface area contributed by atoms with Crippen LogP contribution in [0.3, 0.4) is 0 Å². The molecule has 0 unspecified atom stereocenters. The van der Waals surface area contributed by atoms with Crippen molar-refractivity contribution in [3.8, 4) is 21.7 Å². The van der Waals surface area contributed by atoms with Crippen LogP contribution in [0.2, 0.25) is 0 Å².